The van der Waals surface area contributed by atoms with Crippen molar-refractivity contribution in [3.8, 4) is 0 Å². The number of nitrogens with zero attached hydrogens (tertiary/aromatic N) is 2. The van der Waals surface area contributed by atoms with Gasteiger partial charge in [0.25, 0.3) is 5.91 Å². The zero-order chi connectivity index (χ0) is 13.1. The zero-order valence-electron chi connectivity index (χ0n) is 9.51. The number of hydrogen-bond acceptors (Lipinski definition) is 3. The minimum absolute atomic E-state index is 0.137. The summed E-state index contributed by atoms with van der Waals surface area (Å²) in [5, 5.41) is 10.6. The van der Waals surface area contributed by atoms with Gasteiger partial charge in [-0.1, -0.05) is 12.2 Å². The molecule has 1 heterocycles. The van der Waals surface area contributed by atoms with Crippen molar-refractivity contribution < 1.29 is 14.1 Å². The quantitative estimate of drug-likeness (QED) is 0.459. The van der Waals surface area contributed by atoms with E-state index in [9.17, 15) is 19.3 Å². The summed E-state index contributed by atoms with van der Waals surface area (Å²) in [5.74, 6) is -1.25. The molecule has 0 unspecified atom stereocenters. The molecule has 0 atom stereocenters. The standard InChI is InChI=1S/C12H11FN2O3/c13-10-5-4-9(8-11(10)15(17)18)12(16)14-6-2-1-3-7-14/h1-2,4-5,8H,3,6-7H2. The molecule has 0 aromatic heterocycles. The lowest BCUT2D eigenvalue weighted by molar-refractivity contribution is -0.387. The third-order valence-corrected chi connectivity index (χ3v) is 2.74. The molecule has 0 aliphatic carbocycles. The molecule has 0 spiro atoms. The fraction of sp³-hybridized carbons (Fsp3) is 0.250. The van der Waals surface area contributed by atoms with Gasteiger partial charge in [0.05, 0.1) is 4.92 Å². The summed E-state index contributed by atoms with van der Waals surface area (Å²) in [6.07, 6.45) is 4.59. The second kappa shape index (κ2) is 4.95. The van der Waals surface area contributed by atoms with Crippen LogP contribution in [0, 0.1) is 15.9 Å². The zero-order valence-corrected chi connectivity index (χ0v) is 9.51. The molecule has 1 amide bonds. The van der Waals surface area contributed by atoms with Crippen molar-refractivity contribution in [3.05, 3.63) is 51.8 Å². The summed E-state index contributed by atoms with van der Waals surface area (Å²) in [7, 11) is 0. The summed E-state index contributed by atoms with van der Waals surface area (Å²) in [6, 6.07) is 3.20. The van der Waals surface area contributed by atoms with Gasteiger partial charge in [-0.25, -0.2) is 0 Å². The Labute approximate surface area is 103 Å². The third-order valence-electron chi connectivity index (χ3n) is 2.74. The van der Waals surface area contributed by atoms with Gasteiger partial charge in [0.1, 0.15) is 0 Å². The van der Waals surface area contributed by atoms with Gasteiger partial charge in [-0.3, -0.25) is 14.9 Å². The SMILES string of the molecule is O=C(c1ccc(F)c([N+](=O)[O-])c1)N1CC=CCC1. The summed E-state index contributed by atoms with van der Waals surface area (Å²) in [6.45, 7) is 1.05. The highest BCUT2D eigenvalue weighted by atomic mass is 19.1. The number of halogens is 1. The number of carbonyl (C=O) groups excluding carboxylic acids is 1. The maximum Gasteiger partial charge on any atom is 0.305 e. The van der Waals surface area contributed by atoms with Crippen LogP contribution in [0.2, 0.25) is 0 Å². The average Bonchev–Trinajstić information content (AvgIpc) is 2.39. The Kier molecular flexibility index (Phi) is 3.36. The van der Waals surface area contributed by atoms with E-state index in [0.29, 0.717) is 13.1 Å². The number of rotatable bonds is 2. The molecule has 6 heteroatoms. The van der Waals surface area contributed by atoms with Gasteiger partial charge in [-0.15, -0.1) is 0 Å². The van der Waals surface area contributed by atoms with Crippen molar-refractivity contribution in [3.63, 3.8) is 0 Å². The van der Waals surface area contributed by atoms with Gasteiger partial charge in [0, 0.05) is 24.7 Å². The Bertz CT molecular complexity index is 528. The first-order valence-electron chi connectivity index (χ1n) is 5.48. The van der Waals surface area contributed by atoms with Crippen LogP contribution in [0.3, 0.4) is 0 Å². The fourth-order valence-corrected chi connectivity index (χ4v) is 1.79. The van der Waals surface area contributed by atoms with E-state index in [1.807, 2.05) is 12.2 Å². The monoisotopic (exact) mass is 250 g/mol. The minimum Gasteiger partial charge on any atom is -0.335 e. The first-order valence-corrected chi connectivity index (χ1v) is 5.48. The number of hydrogen-bond donors (Lipinski definition) is 0. The van der Waals surface area contributed by atoms with Crippen LogP contribution in [0.1, 0.15) is 16.8 Å². The van der Waals surface area contributed by atoms with Crippen molar-refractivity contribution in [1.82, 2.24) is 4.90 Å². The van der Waals surface area contributed by atoms with Crippen LogP contribution < -0.4 is 0 Å². The van der Waals surface area contributed by atoms with Crippen LogP contribution in [0.25, 0.3) is 0 Å². The summed E-state index contributed by atoms with van der Waals surface area (Å²) in [5.41, 5.74) is -0.535. The van der Waals surface area contributed by atoms with Gasteiger partial charge in [0.15, 0.2) is 0 Å². The molecule has 0 bridgehead atoms. The molecule has 0 fully saturated rings. The van der Waals surface area contributed by atoms with Crippen LogP contribution in [0.4, 0.5) is 10.1 Å². The van der Waals surface area contributed by atoms with Gasteiger partial charge < -0.3 is 4.90 Å². The minimum atomic E-state index is -0.935. The Hall–Kier alpha value is -2.24. The number of benzene rings is 1. The van der Waals surface area contributed by atoms with Gasteiger partial charge >= 0.3 is 5.69 Å². The number of nitro benzene ring substituents is 1. The van der Waals surface area contributed by atoms with E-state index in [2.05, 4.69) is 0 Å². The van der Waals surface area contributed by atoms with Gasteiger partial charge in [-0.05, 0) is 18.6 Å². The number of amides is 1. The van der Waals surface area contributed by atoms with E-state index >= 15 is 0 Å². The maximum absolute atomic E-state index is 13.1. The maximum atomic E-state index is 13.1. The molecule has 1 aliphatic rings. The Morgan fingerprint density at radius 1 is 1.39 bits per heavy atom. The van der Waals surface area contributed by atoms with Crippen LogP contribution in [-0.4, -0.2) is 28.8 Å². The van der Waals surface area contributed by atoms with E-state index in [-0.39, 0.29) is 11.5 Å². The van der Waals surface area contributed by atoms with Crippen LogP contribution in [0.5, 0.6) is 0 Å². The second-order valence-corrected chi connectivity index (χ2v) is 3.93. The van der Waals surface area contributed by atoms with E-state index in [1.165, 1.54) is 6.07 Å². The molecule has 18 heavy (non-hydrogen) atoms. The van der Waals surface area contributed by atoms with E-state index in [4.69, 9.17) is 0 Å². The van der Waals surface area contributed by atoms with Gasteiger partial charge in [-0.2, -0.15) is 4.39 Å². The normalized spacial score (nSPS) is 14.6. The Morgan fingerprint density at radius 2 is 2.17 bits per heavy atom. The molecule has 0 radical (unpaired) electrons. The molecule has 1 aromatic carbocycles. The van der Waals surface area contributed by atoms with Crippen molar-refractivity contribution in [2.24, 2.45) is 0 Å². The predicted octanol–water partition coefficient (Wildman–Crippen LogP) is 2.14. The van der Waals surface area contributed by atoms with E-state index in [1.54, 1.807) is 4.90 Å². The second-order valence-electron chi connectivity index (χ2n) is 3.93. The average molecular weight is 250 g/mol. The van der Waals surface area contributed by atoms with Crippen LogP contribution in [-0.2, 0) is 0 Å². The lowest BCUT2D eigenvalue weighted by atomic mass is 10.1. The Morgan fingerprint density at radius 3 is 2.78 bits per heavy atom. The van der Waals surface area contributed by atoms with E-state index in [0.717, 1.165) is 18.6 Å². The fourth-order valence-electron chi connectivity index (χ4n) is 1.79. The van der Waals surface area contributed by atoms with E-state index < -0.39 is 16.4 Å². The number of carbonyl (C=O) groups is 1. The summed E-state index contributed by atoms with van der Waals surface area (Å²) >= 11 is 0. The highest BCUT2D eigenvalue weighted by Crippen LogP contribution is 2.20. The van der Waals surface area contributed by atoms with Crippen molar-refractivity contribution >= 4 is 11.6 Å². The molecule has 0 saturated heterocycles. The molecule has 0 N–H and O–H groups in total. The molecular weight excluding hydrogens is 239 g/mol. The topological polar surface area (TPSA) is 63.4 Å². The summed E-state index contributed by atoms with van der Waals surface area (Å²) in [4.78, 5) is 23.4. The van der Waals surface area contributed by atoms with Gasteiger partial charge in [0.2, 0.25) is 5.82 Å². The van der Waals surface area contributed by atoms with Crippen molar-refractivity contribution in [2.75, 3.05) is 13.1 Å². The van der Waals surface area contributed by atoms with Crippen molar-refractivity contribution in [2.45, 2.75) is 6.42 Å². The van der Waals surface area contributed by atoms with Crippen LogP contribution >= 0.6 is 0 Å². The first-order chi connectivity index (χ1) is 8.59. The lowest BCUT2D eigenvalue weighted by Gasteiger charge is -2.23. The molecule has 1 aliphatic heterocycles. The molecule has 5 nitrogen and oxygen atoms in total. The molecule has 94 valence electrons. The predicted molar refractivity (Wildman–Crippen MR) is 62.7 cm³/mol. The molecular formula is C12H11FN2O3. The lowest BCUT2D eigenvalue weighted by Crippen LogP contribution is -2.33. The van der Waals surface area contributed by atoms with Crippen LogP contribution in [0.15, 0.2) is 30.4 Å². The third kappa shape index (κ3) is 2.37. The molecule has 1 aromatic rings. The first kappa shape index (κ1) is 12.2. The highest BCUT2D eigenvalue weighted by Gasteiger charge is 2.21. The van der Waals surface area contributed by atoms with Crippen molar-refractivity contribution in [1.29, 1.82) is 0 Å². The summed E-state index contributed by atoms with van der Waals surface area (Å²) < 4.78 is 13.1. The number of nitro groups is 1. The molecule has 2 rings (SSSR count). The largest absolute Gasteiger partial charge is 0.335 e. The molecule has 0 saturated carbocycles. The Balaban J connectivity index is 2.28. The highest BCUT2D eigenvalue weighted by molar-refractivity contribution is 5.95. The smallest absolute Gasteiger partial charge is 0.305 e.